The third kappa shape index (κ3) is 5.12. The smallest absolute Gasteiger partial charge is 0.0434 e. The van der Waals surface area contributed by atoms with Crippen LogP contribution in [-0.4, -0.2) is 0 Å². The van der Waals surface area contributed by atoms with Gasteiger partial charge in [-0.25, -0.2) is 0 Å². The maximum absolute atomic E-state index is 2.32. The van der Waals surface area contributed by atoms with Crippen molar-refractivity contribution in [1.29, 1.82) is 0 Å². The van der Waals surface area contributed by atoms with Gasteiger partial charge in [-0.1, -0.05) is 206 Å². The predicted molar refractivity (Wildman–Crippen MR) is 254 cm³/mol. The van der Waals surface area contributed by atoms with Crippen molar-refractivity contribution in [2.24, 2.45) is 0 Å². The molecule has 2 heterocycles. The van der Waals surface area contributed by atoms with Crippen LogP contribution in [0.5, 0.6) is 0 Å². The van der Waals surface area contributed by atoms with Gasteiger partial charge in [0.25, 0.3) is 0 Å². The van der Waals surface area contributed by atoms with Crippen LogP contribution in [0.1, 0.15) is 0 Å². The summed E-state index contributed by atoms with van der Waals surface area (Å²) in [5, 5.41) is 10.3. The Bertz CT molecular complexity index is 3330. The molecule has 0 amide bonds. The summed E-state index contributed by atoms with van der Waals surface area (Å²) in [6, 6.07) is 76.2. The largest absolute Gasteiger partial charge is 0.134 e. The first-order valence-corrected chi connectivity index (χ1v) is 21.5. The minimum atomic E-state index is 1.24. The van der Waals surface area contributed by atoms with Crippen LogP contribution in [0.2, 0.25) is 0 Å². The summed E-state index contributed by atoms with van der Waals surface area (Å²) in [7, 11) is 0. The topological polar surface area (TPSA) is 0 Å². The molecule has 0 saturated heterocycles. The molecule has 0 unspecified atom stereocenters. The van der Waals surface area contributed by atoms with Crippen LogP contribution in [0, 0.1) is 0 Å². The van der Waals surface area contributed by atoms with E-state index in [1.54, 1.807) is 0 Å². The number of hydrogen-bond donors (Lipinski definition) is 0. The van der Waals surface area contributed by atoms with E-state index in [2.05, 4.69) is 206 Å². The van der Waals surface area contributed by atoms with Crippen LogP contribution in [0.15, 0.2) is 206 Å². The van der Waals surface area contributed by atoms with E-state index in [-0.39, 0.29) is 0 Å². The van der Waals surface area contributed by atoms with Crippen molar-refractivity contribution in [3.8, 4) is 55.6 Å². The molecule has 0 fully saturated rings. The van der Waals surface area contributed by atoms with Gasteiger partial charge in [0.2, 0.25) is 0 Å². The second-order valence-electron chi connectivity index (χ2n) is 15.1. The average Bonchev–Trinajstić information content (AvgIpc) is 3.88. The van der Waals surface area contributed by atoms with Crippen molar-refractivity contribution in [1.82, 2.24) is 0 Å². The fourth-order valence-corrected chi connectivity index (χ4v) is 12.0. The van der Waals surface area contributed by atoms with E-state index in [4.69, 9.17) is 0 Å². The van der Waals surface area contributed by atoms with Crippen LogP contribution in [0.4, 0.5) is 0 Å². The SMILES string of the molecule is c1ccc(-c2cccc3c2sc2c(-c4cccc5ccccc45)cccc23)c(-c2ccccc2-c2cccc3c2sc2c(-c4cccc5ccccc45)cccc23)c1. The number of fused-ring (bicyclic) bond motifs is 8. The molecule has 0 aliphatic carbocycles. The van der Waals surface area contributed by atoms with Gasteiger partial charge < -0.3 is 0 Å². The molecule has 12 rings (SSSR count). The average molecular weight is 771 g/mol. The van der Waals surface area contributed by atoms with E-state index >= 15 is 0 Å². The summed E-state index contributed by atoms with van der Waals surface area (Å²) < 4.78 is 5.31. The highest BCUT2D eigenvalue weighted by molar-refractivity contribution is 7.27. The molecule has 0 aliphatic heterocycles. The van der Waals surface area contributed by atoms with Crippen LogP contribution < -0.4 is 0 Å². The van der Waals surface area contributed by atoms with Gasteiger partial charge in [-0.3, -0.25) is 0 Å². The second kappa shape index (κ2) is 13.4. The second-order valence-corrected chi connectivity index (χ2v) is 17.1. The summed E-state index contributed by atoms with van der Waals surface area (Å²) in [5.41, 5.74) is 12.7. The Balaban J connectivity index is 1.04. The highest BCUT2D eigenvalue weighted by Gasteiger charge is 2.20. The Hall–Kier alpha value is -6.84. The summed E-state index contributed by atoms with van der Waals surface area (Å²) >= 11 is 3.85. The van der Waals surface area contributed by atoms with Crippen molar-refractivity contribution in [3.63, 3.8) is 0 Å². The molecule has 0 bridgehead atoms. The van der Waals surface area contributed by atoms with E-state index in [0.29, 0.717) is 0 Å². The first-order chi connectivity index (χ1) is 28.8. The molecule has 2 aromatic heterocycles. The zero-order valence-electron chi connectivity index (χ0n) is 31.4. The quantitative estimate of drug-likeness (QED) is 0.164. The lowest BCUT2D eigenvalue weighted by molar-refractivity contribution is 1.59. The molecule has 0 atom stereocenters. The molecule has 0 radical (unpaired) electrons. The Morgan fingerprint density at radius 1 is 0.172 bits per heavy atom. The predicted octanol–water partition coefficient (Wildman–Crippen LogP) is 17.1. The molecule has 0 saturated carbocycles. The molecule has 10 aromatic carbocycles. The van der Waals surface area contributed by atoms with Gasteiger partial charge in [0.15, 0.2) is 0 Å². The van der Waals surface area contributed by atoms with Crippen molar-refractivity contribution >= 4 is 84.6 Å². The maximum Gasteiger partial charge on any atom is 0.0434 e. The first-order valence-electron chi connectivity index (χ1n) is 19.8. The Morgan fingerprint density at radius 2 is 0.397 bits per heavy atom. The monoisotopic (exact) mass is 770 g/mol. The van der Waals surface area contributed by atoms with Crippen molar-refractivity contribution in [2.45, 2.75) is 0 Å². The van der Waals surface area contributed by atoms with Gasteiger partial charge in [0.1, 0.15) is 0 Å². The molecular weight excluding hydrogens is 737 g/mol. The zero-order valence-corrected chi connectivity index (χ0v) is 33.1. The standard InChI is InChI=1S/C56H34S2/c1-3-19-37-35(15-1)17-9-25-39(37)45-27-11-31-49-51-33-13-29-47(55(51)57-53(45)49)43-23-7-5-21-41(43)42-22-6-8-24-44(42)48-30-14-34-52-50-32-12-28-46(54(50)58-56(48)52)40-26-10-18-36-16-2-4-20-38(36)40/h1-34H. The molecule has 2 heteroatoms. The van der Waals surface area contributed by atoms with E-state index < -0.39 is 0 Å². The third-order valence-electron chi connectivity index (χ3n) is 11.9. The molecule has 58 heavy (non-hydrogen) atoms. The van der Waals surface area contributed by atoms with E-state index in [1.807, 2.05) is 22.7 Å². The van der Waals surface area contributed by atoms with Crippen molar-refractivity contribution < 1.29 is 0 Å². The number of hydrogen-bond acceptors (Lipinski definition) is 2. The first kappa shape index (κ1) is 33.3. The lowest BCUT2D eigenvalue weighted by Gasteiger charge is -2.16. The number of rotatable bonds is 5. The number of thiophene rings is 2. The van der Waals surface area contributed by atoms with E-state index in [9.17, 15) is 0 Å². The summed E-state index contributed by atoms with van der Waals surface area (Å²) in [4.78, 5) is 0. The van der Waals surface area contributed by atoms with Gasteiger partial charge in [-0.2, -0.15) is 0 Å². The molecule has 12 aromatic rings. The lowest BCUT2D eigenvalue weighted by atomic mass is 9.88. The van der Waals surface area contributed by atoms with Gasteiger partial charge in [0, 0.05) is 62.6 Å². The van der Waals surface area contributed by atoms with Gasteiger partial charge in [-0.15, -0.1) is 22.7 Å². The molecule has 0 nitrogen and oxygen atoms in total. The summed E-state index contributed by atoms with van der Waals surface area (Å²) in [5.74, 6) is 0. The van der Waals surface area contributed by atoms with Gasteiger partial charge >= 0.3 is 0 Å². The van der Waals surface area contributed by atoms with Crippen LogP contribution in [0.3, 0.4) is 0 Å². The Kier molecular flexibility index (Phi) is 7.69. The van der Waals surface area contributed by atoms with Crippen molar-refractivity contribution in [3.05, 3.63) is 206 Å². The maximum atomic E-state index is 2.32. The fourth-order valence-electron chi connectivity index (χ4n) is 9.32. The fraction of sp³-hybridized carbons (Fsp3) is 0. The Morgan fingerprint density at radius 3 is 0.776 bits per heavy atom. The van der Waals surface area contributed by atoms with Gasteiger partial charge in [0.05, 0.1) is 0 Å². The highest BCUT2D eigenvalue weighted by Crippen LogP contribution is 2.49. The molecule has 0 N–H and O–H groups in total. The van der Waals surface area contributed by atoms with Crippen LogP contribution in [0.25, 0.3) is 118 Å². The minimum absolute atomic E-state index is 1.24. The van der Waals surface area contributed by atoms with Crippen LogP contribution >= 0.6 is 22.7 Å². The lowest BCUT2D eigenvalue weighted by Crippen LogP contribution is -1.89. The molecule has 270 valence electrons. The highest BCUT2D eigenvalue weighted by atomic mass is 32.1. The molecule has 0 spiro atoms. The number of benzene rings is 10. The minimum Gasteiger partial charge on any atom is -0.134 e. The summed E-state index contributed by atoms with van der Waals surface area (Å²) in [6.45, 7) is 0. The normalized spacial score (nSPS) is 11.8. The molecular formula is C56H34S2. The molecule has 0 aliphatic rings. The Labute approximate surface area is 344 Å². The van der Waals surface area contributed by atoms with E-state index in [0.717, 1.165) is 0 Å². The van der Waals surface area contributed by atoms with Crippen molar-refractivity contribution in [2.75, 3.05) is 0 Å². The van der Waals surface area contributed by atoms with E-state index in [1.165, 1.54) is 118 Å². The van der Waals surface area contributed by atoms with Gasteiger partial charge in [-0.05, 0) is 54.9 Å². The third-order valence-corrected chi connectivity index (χ3v) is 14.5. The van der Waals surface area contributed by atoms with Crippen LogP contribution in [-0.2, 0) is 0 Å². The zero-order chi connectivity index (χ0) is 38.2. The summed E-state index contributed by atoms with van der Waals surface area (Å²) in [6.07, 6.45) is 0.